The van der Waals surface area contributed by atoms with Gasteiger partial charge in [-0.05, 0) is 31.4 Å². The Kier molecular flexibility index (Phi) is 2.09. The van der Waals surface area contributed by atoms with Crippen molar-refractivity contribution in [3.63, 3.8) is 0 Å². The van der Waals surface area contributed by atoms with E-state index in [1.54, 1.807) is 0 Å². The van der Waals surface area contributed by atoms with Gasteiger partial charge in [-0.2, -0.15) is 0 Å². The molecule has 2 heteroatoms. The third-order valence-electron chi connectivity index (χ3n) is 3.00. The molecule has 1 N–H and O–H groups in total. The van der Waals surface area contributed by atoms with Crippen LogP contribution in [-0.2, 0) is 5.41 Å². The maximum Gasteiger partial charge on any atom is 0.0609 e. The summed E-state index contributed by atoms with van der Waals surface area (Å²) in [5.74, 6) is 0. The third-order valence-corrected chi connectivity index (χ3v) is 3.33. The van der Waals surface area contributed by atoms with Crippen LogP contribution in [0.25, 0.3) is 0 Å². The van der Waals surface area contributed by atoms with Crippen LogP contribution >= 0.6 is 11.6 Å². The van der Waals surface area contributed by atoms with Gasteiger partial charge in [0.2, 0.25) is 0 Å². The summed E-state index contributed by atoms with van der Waals surface area (Å²) in [6.07, 6.45) is 1.80. The molecule has 0 bridgehead atoms. The molecule has 1 aliphatic carbocycles. The molecule has 1 unspecified atom stereocenters. The molecule has 1 aromatic carbocycles. The van der Waals surface area contributed by atoms with E-state index in [4.69, 9.17) is 11.6 Å². The van der Waals surface area contributed by atoms with Crippen LogP contribution in [0.15, 0.2) is 24.3 Å². The van der Waals surface area contributed by atoms with Crippen molar-refractivity contribution in [2.45, 2.75) is 31.3 Å². The van der Waals surface area contributed by atoms with E-state index in [0.717, 1.165) is 23.4 Å². The van der Waals surface area contributed by atoms with E-state index in [1.807, 2.05) is 31.2 Å². The Balaban J connectivity index is 2.41. The van der Waals surface area contributed by atoms with Crippen molar-refractivity contribution >= 4 is 11.6 Å². The summed E-state index contributed by atoms with van der Waals surface area (Å²) in [4.78, 5) is 0. The van der Waals surface area contributed by atoms with Crippen LogP contribution in [0.2, 0.25) is 5.02 Å². The maximum absolute atomic E-state index is 9.66. The quantitative estimate of drug-likeness (QED) is 0.771. The zero-order chi connectivity index (χ0) is 9.47. The number of rotatable bonds is 2. The van der Waals surface area contributed by atoms with Gasteiger partial charge in [0.25, 0.3) is 0 Å². The molecule has 13 heavy (non-hydrogen) atoms. The highest BCUT2D eigenvalue weighted by Gasteiger charge is 2.49. The summed E-state index contributed by atoms with van der Waals surface area (Å²) in [6, 6.07) is 7.80. The molecule has 70 valence electrons. The van der Waals surface area contributed by atoms with E-state index in [9.17, 15) is 5.11 Å². The molecular formula is C11H13ClO. The fourth-order valence-corrected chi connectivity index (χ4v) is 2.24. The van der Waals surface area contributed by atoms with Crippen LogP contribution in [0.3, 0.4) is 0 Å². The van der Waals surface area contributed by atoms with Gasteiger partial charge in [0.05, 0.1) is 6.10 Å². The summed E-state index contributed by atoms with van der Waals surface area (Å²) >= 11 is 6.08. The van der Waals surface area contributed by atoms with Crippen molar-refractivity contribution in [3.8, 4) is 0 Å². The van der Waals surface area contributed by atoms with Crippen LogP contribution in [0.4, 0.5) is 0 Å². The summed E-state index contributed by atoms with van der Waals surface area (Å²) < 4.78 is 0. The first-order chi connectivity index (χ1) is 6.17. The Morgan fingerprint density at radius 1 is 1.38 bits per heavy atom. The molecule has 1 nitrogen and oxygen atoms in total. The first-order valence-electron chi connectivity index (χ1n) is 4.60. The van der Waals surface area contributed by atoms with Crippen molar-refractivity contribution in [3.05, 3.63) is 34.9 Å². The summed E-state index contributed by atoms with van der Waals surface area (Å²) in [6.45, 7) is 1.84. The van der Waals surface area contributed by atoms with Gasteiger partial charge in [-0.3, -0.25) is 0 Å². The van der Waals surface area contributed by atoms with E-state index >= 15 is 0 Å². The summed E-state index contributed by atoms with van der Waals surface area (Å²) in [5, 5.41) is 10.4. The average molecular weight is 197 g/mol. The molecule has 0 radical (unpaired) electrons. The second kappa shape index (κ2) is 3.00. The van der Waals surface area contributed by atoms with Crippen molar-refractivity contribution < 1.29 is 5.11 Å². The summed E-state index contributed by atoms with van der Waals surface area (Å²) in [7, 11) is 0. The van der Waals surface area contributed by atoms with Gasteiger partial charge >= 0.3 is 0 Å². The van der Waals surface area contributed by atoms with Gasteiger partial charge in [-0.15, -0.1) is 0 Å². The lowest BCUT2D eigenvalue weighted by Gasteiger charge is -2.20. The molecular weight excluding hydrogens is 184 g/mol. The second-order valence-corrected chi connectivity index (χ2v) is 4.22. The Morgan fingerprint density at radius 2 is 2.00 bits per heavy atom. The lowest BCUT2D eigenvalue weighted by molar-refractivity contribution is 0.151. The monoisotopic (exact) mass is 196 g/mol. The van der Waals surface area contributed by atoms with Crippen LogP contribution < -0.4 is 0 Å². The minimum Gasteiger partial charge on any atom is -0.392 e. The number of aliphatic hydroxyl groups is 1. The highest BCUT2D eigenvalue weighted by molar-refractivity contribution is 6.31. The normalized spacial score (nSPS) is 21.2. The van der Waals surface area contributed by atoms with Crippen LogP contribution in [0.1, 0.15) is 25.3 Å². The lowest BCUT2D eigenvalue weighted by atomic mass is 9.91. The van der Waals surface area contributed by atoms with E-state index in [2.05, 4.69) is 0 Å². The molecule has 1 fully saturated rings. The summed E-state index contributed by atoms with van der Waals surface area (Å²) in [5.41, 5.74) is 1.06. The number of benzene rings is 1. The van der Waals surface area contributed by atoms with Gasteiger partial charge in [0.15, 0.2) is 0 Å². The number of aliphatic hydroxyl groups excluding tert-OH is 1. The first kappa shape index (κ1) is 9.04. The Hall–Kier alpha value is -0.530. The van der Waals surface area contributed by atoms with Gasteiger partial charge in [-0.25, -0.2) is 0 Å². The highest BCUT2D eigenvalue weighted by Crippen LogP contribution is 2.52. The number of halogens is 1. The largest absolute Gasteiger partial charge is 0.392 e. The first-order valence-corrected chi connectivity index (χ1v) is 4.98. The molecule has 2 rings (SSSR count). The predicted molar refractivity (Wildman–Crippen MR) is 54.0 cm³/mol. The minimum atomic E-state index is -0.299. The van der Waals surface area contributed by atoms with E-state index in [0.29, 0.717) is 0 Å². The van der Waals surface area contributed by atoms with Crippen molar-refractivity contribution in [1.29, 1.82) is 0 Å². The molecule has 1 saturated carbocycles. The smallest absolute Gasteiger partial charge is 0.0609 e. The standard InChI is InChI=1S/C11H13ClO/c1-8(13)11(6-7-11)9-4-2-3-5-10(9)12/h2-5,8,13H,6-7H2,1H3. The topological polar surface area (TPSA) is 20.2 Å². The second-order valence-electron chi connectivity index (χ2n) is 3.81. The minimum absolute atomic E-state index is 0.0433. The van der Waals surface area contributed by atoms with Crippen molar-refractivity contribution in [2.75, 3.05) is 0 Å². The zero-order valence-electron chi connectivity index (χ0n) is 7.63. The average Bonchev–Trinajstić information content (AvgIpc) is 2.85. The maximum atomic E-state index is 9.66. The zero-order valence-corrected chi connectivity index (χ0v) is 8.38. The van der Waals surface area contributed by atoms with Crippen molar-refractivity contribution in [1.82, 2.24) is 0 Å². The van der Waals surface area contributed by atoms with Crippen LogP contribution in [0.5, 0.6) is 0 Å². The molecule has 0 saturated heterocycles. The Morgan fingerprint density at radius 3 is 2.46 bits per heavy atom. The molecule has 1 atom stereocenters. The van der Waals surface area contributed by atoms with Crippen LogP contribution in [0, 0.1) is 0 Å². The fraction of sp³-hybridized carbons (Fsp3) is 0.455. The fourth-order valence-electron chi connectivity index (χ4n) is 1.91. The molecule has 1 aromatic rings. The molecule has 0 aliphatic heterocycles. The van der Waals surface area contributed by atoms with E-state index in [-0.39, 0.29) is 11.5 Å². The third kappa shape index (κ3) is 1.36. The Labute approximate surface area is 83.3 Å². The van der Waals surface area contributed by atoms with Gasteiger partial charge in [-0.1, -0.05) is 29.8 Å². The van der Waals surface area contributed by atoms with Gasteiger partial charge in [0, 0.05) is 10.4 Å². The molecule has 0 amide bonds. The van der Waals surface area contributed by atoms with Crippen molar-refractivity contribution in [2.24, 2.45) is 0 Å². The molecule has 1 aliphatic rings. The number of hydrogen-bond donors (Lipinski definition) is 1. The predicted octanol–water partition coefficient (Wildman–Crippen LogP) is 2.75. The highest BCUT2D eigenvalue weighted by atomic mass is 35.5. The number of hydrogen-bond acceptors (Lipinski definition) is 1. The van der Waals surface area contributed by atoms with E-state index < -0.39 is 0 Å². The van der Waals surface area contributed by atoms with Gasteiger partial charge < -0.3 is 5.11 Å². The molecule has 0 spiro atoms. The molecule has 0 aromatic heterocycles. The SMILES string of the molecule is CC(O)C1(c2ccccc2Cl)CC1. The van der Waals surface area contributed by atoms with Gasteiger partial charge in [0.1, 0.15) is 0 Å². The van der Waals surface area contributed by atoms with Crippen LogP contribution in [-0.4, -0.2) is 11.2 Å². The van der Waals surface area contributed by atoms with E-state index in [1.165, 1.54) is 0 Å². The Bertz CT molecular complexity index is 316. The molecule has 0 heterocycles. The lowest BCUT2D eigenvalue weighted by Crippen LogP contribution is -2.22.